The van der Waals surface area contributed by atoms with Gasteiger partial charge in [-0.3, -0.25) is 0 Å². The highest BCUT2D eigenvalue weighted by Crippen LogP contribution is 2.38. The standard InChI is InChI=1S/C15H15N3O2/c1-19-12-4-5-13-11(8-12)6-7-18(13)9-14-16-15(20-17-14)10-2-3-10/h4-8,10H,2-3,9H2,1H3. The molecule has 3 aromatic rings. The Balaban J connectivity index is 1.63. The molecule has 0 saturated heterocycles. The highest BCUT2D eigenvalue weighted by atomic mass is 16.5. The summed E-state index contributed by atoms with van der Waals surface area (Å²) in [5, 5.41) is 5.21. The molecule has 102 valence electrons. The average Bonchev–Trinajstić information content (AvgIpc) is 3.10. The van der Waals surface area contributed by atoms with Crippen molar-refractivity contribution in [1.29, 1.82) is 0 Å². The molecule has 1 aliphatic rings. The molecular weight excluding hydrogens is 254 g/mol. The summed E-state index contributed by atoms with van der Waals surface area (Å²) in [6, 6.07) is 8.11. The summed E-state index contributed by atoms with van der Waals surface area (Å²) in [4.78, 5) is 4.46. The van der Waals surface area contributed by atoms with E-state index in [1.807, 2.05) is 18.3 Å². The highest BCUT2D eigenvalue weighted by Gasteiger charge is 2.29. The van der Waals surface area contributed by atoms with Crippen LogP contribution in [0.25, 0.3) is 10.9 Å². The predicted octanol–water partition coefficient (Wildman–Crippen LogP) is 2.96. The van der Waals surface area contributed by atoms with Crippen LogP contribution in [0.5, 0.6) is 5.75 Å². The number of rotatable bonds is 4. The Morgan fingerprint density at radius 3 is 3.05 bits per heavy atom. The smallest absolute Gasteiger partial charge is 0.229 e. The number of benzene rings is 1. The molecule has 0 radical (unpaired) electrons. The molecule has 0 atom stereocenters. The first-order valence-electron chi connectivity index (χ1n) is 6.79. The van der Waals surface area contributed by atoms with Crippen molar-refractivity contribution < 1.29 is 9.26 Å². The number of hydrogen-bond acceptors (Lipinski definition) is 4. The lowest BCUT2D eigenvalue weighted by Gasteiger charge is -2.03. The van der Waals surface area contributed by atoms with Crippen molar-refractivity contribution in [2.24, 2.45) is 0 Å². The van der Waals surface area contributed by atoms with Gasteiger partial charge in [0.1, 0.15) is 5.75 Å². The van der Waals surface area contributed by atoms with Gasteiger partial charge in [0.25, 0.3) is 0 Å². The van der Waals surface area contributed by atoms with E-state index in [0.717, 1.165) is 28.4 Å². The van der Waals surface area contributed by atoms with Gasteiger partial charge in [-0.05, 0) is 37.1 Å². The fraction of sp³-hybridized carbons (Fsp3) is 0.333. The van der Waals surface area contributed by atoms with Gasteiger partial charge < -0.3 is 13.8 Å². The number of nitrogens with zero attached hydrogens (tertiary/aromatic N) is 3. The predicted molar refractivity (Wildman–Crippen MR) is 73.9 cm³/mol. The Bertz CT molecular complexity index is 755. The van der Waals surface area contributed by atoms with Crippen LogP contribution in [0.1, 0.15) is 30.5 Å². The molecule has 1 aliphatic carbocycles. The van der Waals surface area contributed by atoms with Gasteiger partial charge in [0.2, 0.25) is 5.89 Å². The number of aromatic nitrogens is 3. The SMILES string of the molecule is COc1ccc2c(ccn2Cc2noc(C3CC3)n2)c1. The van der Waals surface area contributed by atoms with Crippen LogP contribution in [0, 0.1) is 0 Å². The maximum atomic E-state index is 5.29. The van der Waals surface area contributed by atoms with Crippen molar-refractivity contribution in [1.82, 2.24) is 14.7 Å². The van der Waals surface area contributed by atoms with Crippen molar-refractivity contribution in [2.45, 2.75) is 25.3 Å². The molecule has 0 N–H and O–H groups in total. The van der Waals surface area contributed by atoms with Crippen LogP contribution in [0.2, 0.25) is 0 Å². The first kappa shape index (κ1) is 11.5. The zero-order chi connectivity index (χ0) is 13.5. The molecular formula is C15H15N3O2. The Labute approximate surface area is 116 Å². The molecule has 0 aliphatic heterocycles. The summed E-state index contributed by atoms with van der Waals surface area (Å²) in [7, 11) is 1.68. The Kier molecular flexibility index (Phi) is 2.52. The maximum absolute atomic E-state index is 5.29. The normalized spacial score (nSPS) is 14.8. The molecule has 5 heteroatoms. The van der Waals surface area contributed by atoms with E-state index in [-0.39, 0.29) is 0 Å². The summed E-state index contributed by atoms with van der Waals surface area (Å²) in [6.45, 7) is 0.631. The second-order valence-electron chi connectivity index (χ2n) is 5.19. The number of fused-ring (bicyclic) bond motifs is 1. The summed E-state index contributed by atoms with van der Waals surface area (Å²) >= 11 is 0. The van der Waals surface area contributed by atoms with Crippen molar-refractivity contribution in [3.63, 3.8) is 0 Å². The second kappa shape index (κ2) is 4.37. The van der Waals surface area contributed by atoms with Crippen molar-refractivity contribution in [3.8, 4) is 5.75 Å². The van der Waals surface area contributed by atoms with Crippen molar-refractivity contribution in [2.75, 3.05) is 7.11 Å². The van der Waals surface area contributed by atoms with Gasteiger partial charge in [-0.25, -0.2) is 0 Å². The first-order chi connectivity index (χ1) is 9.83. The zero-order valence-corrected chi connectivity index (χ0v) is 11.2. The molecule has 2 aromatic heterocycles. The Morgan fingerprint density at radius 1 is 1.35 bits per heavy atom. The Hall–Kier alpha value is -2.30. The van der Waals surface area contributed by atoms with E-state index in [2.05, 4.69) is 26.8 Å². The molecule has 4 rings (SSSR count). The van der Waals surface area contributed by atoms with E-state index in [1.165, 1.54) is 12.8 Å². The third-order valence-electron chi connectivity index (χ3n) is 3.70. The van der Waals surface area contributed by atoms with Crippen LogP contribution < -0.4 is 4.74 Å². The van der Waals surface area contributed by atoms with Crippen LogP contribution >= 0.6 is 0 Å². The Morgan fingerprint density at radius 2 is 2.25 bits per heavy atom. The van der Waals surface area contributed by atoms with Gasteiger partial charge >= 0.3 is 0 Å². The molecule has 1 aromatic carbocycles. The topological polar surface area (TPSA) is 53.1 Å². The summed E-state index contributed by atoms with van der Waals surface area (Å²) in [6.07, 6.45) is 4.39. The summed E-state index contributed by atoms with van der Waals surface area (Å²) in [5.74, 6) is 2.89. The minimum absolute atomic E-state index is 0.502. The number of hydrogen-bond donors (Lipinski definition) is 0. The van der Waals surface area contributed by atoms with Gasteiger partial charge in [0.05, 0.1) is 13.7 Å². The van der Waals surface area contributed by atoms with Crippen molar-refractivity contribution in [3.05, 3.63) is 42.2 Å². The average molecular weight is 269 g/mol. The monoisotopic (exact) mass is 269 g/mol. The molecule has 0 unspecified atom stereocenters. The molecule has 0 bridgehead atoms. The van der Waals surface area contributed by atoms with Crippen LogP contribution in [0.3, 0.4) is 0 Å². The van der Waals surface area contributed by atoms with E-state index in [9.17, 15) is 0 Å². The van der Waals surface area contributed by atoms with Crippen LogP contribution in [-0.4, -0.2) is 21.8 Å². The summed E-state index contributed by atoms with van der Waals surface area (Å²) < 4.78 is 12.7. The fourth-order valence-corrected chi connectivity index (χ4v) is 2.42. The third-order valence-corrected chi connectivity index (χ3v) is 3.70. The zero-order valence-electron chi connectivity index (χ0n) is 11.2. The quantitative estimate of drug-likeness (QED) is 0.730. The largest absolute Gasteiger partial charge is 0.497 e. The molecule has 1 saturated carbocycles. The minimum atomic E-state index is 0.502. The number of ether oxygens (including phenoxy) is 1. The van der Waals surface area contributed by atoms with Gasteiger partial charge in [-0.15, -0.1) is 0 Å². The van der Waals surface area contributed by atoms with E-state index < -0.39 is 0 Å². The van der Waals surface area contributed by atoms with Crippen LogP contribution in [0.4, 0.5) is 0 Å². The van der Waals surface area contributed by atoms with Gasteiger partial charge in [0, 0.05) is 23.0 Å². The highest BCUT2D eigenvalue weighted by molar-refractivity contribution is 5.81. The van der Waals surface area contributed by atoms with E-state index in [0.29, 0.717) is 12.5 Å². The lowest BCUT2D eigenvalue weighted by Crippen LogP contribution is -1.99. The van der Waals surface area contributed by atoms with Gasteiger partial charge in [-0.2, -0.15) is 4.98 Å². The van der Waals surface area contributed by atoms with Crippen LogP contribution in [-0.2, 0) is 6.54 Å². The fourth-order valence-electron chi connectivity index (χ4n) is 2.42. The first-order valence-corrected chi connectivity index (χ1v) is 6.79. The molecule has 0 spiro atoms. The molecule has 0 amide bonds. The van der Waals surface area contributed by atoms with E-state index >= 15 is 0 Å². The second-order valence-corrected chi connectivity index (χ2v) is 5.19. The third kappa shape index (κ3) is 1.95. The van der Waals surface area contributed by atoms with Gasteiger partial charge in [-0.1, -0.05) is 5.16 Å². The molecule has 20 heavy (non-hydrogen) atoms. The molecule has 5 nitrogen and oxygen atoms in total. The molecule has 1 fully saturated rings. The van der Waals surface area contributed by atoms with E-state index in [1.54, 1.807) is 7.11 Å². The maximum Gasteiger partial charge on any atom is 0.229 e. The van der Waals surface area contributed by atoms with Crippen LogP contribution in [0.15, 0.2) is 35.0 Å². The lowest BCUT2D eigenvalue weighted by atomic mass is 10.2. The van der Waals surface area contributed by atoms with E-state index in [4.69, 9.17) is 9.26 Å². The number of methoxy groups -OCH3 is 1. The molecule has 2 heterocycles. The summed E-state index contributed by atoms with van der Waals surface area (Å²) in [5.41, 5.74) is 1.14. The lowest BCUT2D eigenvalue weighted by molar-refractivity contribution is 0.373. The van der Waals surface area contributed by atoms with Gasteiger partial charge in [0.15, 0.2) is 5.82 Å². The van der Waals surface area contributed by atoms with Crippen molar-refractivity contribution >= 4 is 10.9 Å². The minimum Gasteiger partial charge on any atom is -0.497 e.